The van der Waals surface area contributed by atoms with Crippen molar-refractivity contribution in [3.8, 4) is 0 Å². The second-order valence-corrected chi connectivity index (χ2v) is 4.94. The van der Waals surface area contributed by atoms with Gasteiger partial charge in [0.15, 0.2) is 6.29 Å². The molecule has 0 bridgehead atoms. The minimum absolute atomic E-state index is 0.0579. The van der Waals surface area contributed by atoms with Crippen molar-refractivity contribution in [2.24, 2.45) is 0 Å². The number of likely N-dealkylation sites (N-methyl/N-ethyl adjacent to an activating group) is 1. The lowest BCUT2D eigenvalue weighted by Crippen LogP contribution is -2.31. The summed E-state index contributed by atoms with van der Waals surface area (Å²) in [5.74, 6) is 0.0579. The van der Waals surface area contributed by atoms with Gasteiger partial charge in [-0.15, -0.1) is 0 Å². The van der Waals surface area contributed by atoms with E-state index in [1.54, 1.807) is 27.9 Å². The van der Waals surface area contributed by atoms with E-state index in [2.05, 4.69) is 4.98 Å². The third kappa shape index (κ3) is 2.12. The molecule has 3 rings (SSSR count). The Morgan fingerprint density at radius 1 is 1.58 bits per heavy atom. The monoisotopic (exact) mass is 257 g/mol. The lowest BCUT2D eigenvalue weighted by atomic mass is 10.2. The van der Waals surface area contributed by atoms with Crippen LogP contribution in [0.4, 0.5) is 0 Å². The predicted octanol–water partition coefficient (Wildman–Crippen LogP) is 1.47. The molecule has 19 heavy (non-hydrogen) atoms. The summed E-state index contributed by atoms with van der Waals surface area (Å²) in [5, 5.41) is 0.791. The maximum Gasteiger partial charge on any atom is 0.242 e. The van der Waals surface area contributed by atoms with Crippen LogP contribution in [0.3, 0.4) is 0 Å². The second kappa shape index (κ2) is 4.50. The summed E-state index contributed by atoms with van der Waals surface area (Å²) in [6.07, 6.45) is 6.35. The number of pyridine rings is 1. The van der Waals surface area contributed by atoms with Gasteiger partial charge in [-0.05, 0) is 25.0 Å². The number of hydrogen-bond acceptors (Lipinski definition) is 3. The summed E-state index contributed by atoms with van der Waals surface area (Å²) in [4.78, 5) is 29.2. The normalized spacial score (nSPS) is 14.6. The highest BCUT2D eigenvalue weighted by molar-refractivity contribution is 5.96. The SMILES string of the molecule is CN(C(=O)Cn1cc(C=O)c2cccnc21)C1CC1. The number of aldehydes is 1. The van der Waals surface area contributed by atoms with Crippen LogP contribution in [0.25, 0.3) is 11.0 Å². The van der Waals surface area contributed by atoms with E-state index in [1.165, 1.54) is 0 Å². The molecule has 1 saturated carbocycles. The zero-order chi connectivity index (χ0) is 13.4. The van der Waals surface area contributed by atoms with Crippen LogP contribution in [-0.2, 0) is 11.3 Å². The minimum Gasteiger partial charge on any atom is -0.341 e. The van der Waals surface area contributed by atoms with Crippen molar-refractivity contribution < 1.29 is 9.59 Å². The van der Waals surface area contributed by atoms with Crippen LogP contribution in [0, 0.1) is 0 Å². The van der Waals surface area contributed by atoms with Crippen molar-refractivity contribution >= 4 is 23.2 Å². The van der Waals surface area contributed by atoms with Crippen LogP contribution in [0.15, 0.2) is 24.5 Å². The Morgan fingerprint density at radius 3 is 3.05 bits per heavy atom. The highest BCUT2D eigenvalue weighted by Gasteiger charge is 2.29. The number of aromatic nitrogens is 2. The molecule has 0 unspecified atom stereocenters. The molecule has 98 valence electrons. The average Bonchev–Trinajstić information content (AvgIpc) is 3.22. The van der Waals surface area contributed by atoms with E-state index in [-0.39, 0.29) is 12.5 Å². The molecule has 0 radical (unpaired) electrons. The van der Waals surface area contributed by atoms with E-state index in [1.807, 2.05) is 13.1 Å². The fourth-order valence-corrected chi connectivity index (χ4v) is 2.29. The molecule has 0 atom stereocenters. The Bertz CT molecular complexity index is 643. The van der Waals surface area contributed by atoms with E-state index in [9.17, 15) is 9.59 Å². The first-order valence-electron chi connectivity index (χ1n) is 6.35. The number of nitrogens with zero attached hydrogens (tertiary/aromatic N) is 3. The lowest BCUT2D eigenvalue weighted by Gasteiger charge is -2.16. The largest absolute Gasteiger partial charge is 0.341 e. The van der Waals surface area contributed by atoms with E-state index in [0.717, 1.165) is 24.5 Å². The highest BCUT2D eigenvalue weighted by Crippen LogP contribution is 2.26. The molecule has 1 fully saturated rings. The number of hydrogen-bond donors (Lipinski definition) is 0. The van der Waals surface area contributed by atoms with Crippen molar-refractivity contribution in [2.75, 3.05) is 7.05 Å². The van der Waals surface area contributed by atoms with Crippen LogP contribution >= 0.6 is 0 Å². The molecule has 2 aromatic heterocycles. The zero-order valence-corrected chi connectivity index (χ0v) is 10.7. The van der Waals surface area contributed by atoms with E-state index in [4.69, 9.17) is 0 Å². The first-order valence-corrected chi connectivity index (χ1v) is 6.35. The molecule has 0 spiro atoms. The molecule has 2 heterocycles. The van der Waals surface area contributed by atoms with E-state index in [0.29, 0.717) is 17.3 Å². The smallest absolute Gasteiger partial charge is 0.242 e. The van der Waals surface area contributed by atoms with Crippen LogP contribution in [0.1, 0.15) is 23.2 Å². The van der Waals surface area contributed by atoms with Crippen molar-refractivity contribution in [3.05, 3.63) is 30.1 Å². The Kier molecular flexibility index (Phi) is 2.81. The maximum atomic E-state index is 12.1. The van der Waals surface area contributed by atoms with Gasteiger partial charge in [0.2, 0.25) is 5.91 Å². The first-order chi connectivity index (χ1) is 9.20. The zero-order valence-electron chi connectivity index (χ0n) is 10.7. The third-order valence-electron chi connectivity index (χ3n) is 3.59. The van der Waals surface area contributed by atoms with Gasteiger partial charge in [-0.2, -0.15) is 0 Å². The van der Waals surface area contributed by atoms with Gasteiger partial charge in [0.25, 0.3) is 0 Å². The van der Waals surface area contributed by atoms with Crippen LogP contribution in [0.5, 0.6) is 0 Å². The predicted molar refractivity (Wildman–Crippen MR) is 70.9 cm³/mol. The maximum absolute atomic E-state index is 12.1. The van der Waals surface area contributed by atoms with Gasteiger partial charge in [0.05, 0.1) is 0 Å². The molecule has 1 aliphatic carbocycles. The van der Waals surface area contributed by atoms with E-state index < -0.39 is 0 Å². The summed E-state index contributed by atoms with van der Waals surface area (Å²) < 4.78 is 1.75. The molecule has 5 heteroatoms. The number of carbonyl (C=O) groups excluding carboxylic acids is 2. The van der Waals surface area contributed by atoms with Crippen molar-refractivity contribution in [2.45, 2.75) is 25.4 Å². The molecular formula is C14H15N3O2. The Labute approximate surface area is 110 Å². The van der Waals surface area contributed by atoms with Gasteiger partial charge in [-0.25, -0.2) is 4.98 Å². The van der Waals surface area contributed by atoms with E-state index >= 15 is 0 Å². The molecular weight excluding hydrogens is 242 g/mol. The topological polar surface area (TPSA) is 55.2 Å². The summed E-state index contributed by atoms with van der Waals surface area (Å²) in [6, 6.07) is 4.03. The summed E-state index contributed by atoms with van der Waals surface area (Å²) >= 11 is 0. The molecule has 0 aromatic carbocycles. The van der Waals surface area contributed by atoms with Gasteiger partial charge in [0, 0.05) is 36.4 Å². The first kappa shape index (κ1) is 11.9. The second-order valence-electron chi connectivity index (χ2n) is 4.94. The molecule has 2 aromatic rings. The third-order valence-corrected chi connectivity index (χ3v) is 3.59. The Balaban J connectivity index is 1.92. The summed E-state index contributed by atoms with van der Waals surface area (Å²) in [5.41, 5.74) is 1.26. The molecule has 5 nitrogen and oxygen atoms in total. The number of amides is 1. The van der Waals surface area contributed by atoms with Gasteiger partial charge in [-0.1, -0.05) is 0 Å². The molecule has 0 saturated heterocycles. The lowest BCUT2D eigenvalue weighted by molar-refractivity contribution is -0.130. The Hall–Kier alpha value is -2.17. The summed E-state index contributed by atoms with van der Waals surface area (Å²) in [6.45, 7) is 0.231. The molecule has 1 aliphatic rings. The minimum atomic E-state index is 0.0579. The Morgan fingerprint density at radius 2 is 2.37 bits per heavy atom. The standard InChI is InChI=1S/C14H15N3O2/c1-16(11-4-5-11)13(19)8-17-7-10(9-18)12-3-2-6-15-14(12)17/h2-3,6-7,9,11H,4-5,8H2,1H3. The highest BCUT2D eigenvalue weighted by atomic mass is 16.2. The van der Waals surface area contributed by atoms with Crippen molar-refractivity contribution in [3.63, 3.8) is 0 Å². The van der Waals surface area contributed by atoms with Crippen LogP contribution in [0.2, 0.25) is 0 Å². The quantitative estimate of drug-likeness (QED) is 0.779. The molecule has 0 aliphatic heterocycles. The van der Waals surface area contributed by atoms with Gasteiger partial charge in [0.1, 0.15) is 12.2 Å². The molecule has 0 N–H and O–H groups in total. The fraction of sp³-hybridized carbons (Fsp3) is 0.357. The van der Waals surface area contributed by atoms with Gasteiger partial charge in [-0.3, -0.25) is 9.59 Å². The number of fused-ring (bicyclic) bond motifs is 1. The average molecular weight is 257 g/mol. The van der Waals surface area contributed by atoms with Gasteiger partial charge >= 0.3 is 0 Å². The van der Waals surface area contributed by atoms with Crippen LogP contribution < -0.4 is 0 Å². The molecule has 1 amide bonds. The number of carbonyl (C=O) groups is 2. The fourth-order valence-electron chi connectivity index (χ4n) is 2.29. The summed E-state index contributed by atoms with van der Waals surface area (Å²) in [7, 11) is 1.83. The van der Waals surface area contributed by atoms with Gasteiger partial charge < -0.3 is 9.47 Å². The van der Waals surface area contributed by atoms with Crippen molar-refractivity contribution in [1.29, 1.82) is 0 Å². The number of rotatable bonds is 4. The van der Waals surface area contributed by atoms with Crippen LogP contribution in [-0.4, -0.2) is 39.7 Å². The van der Waals surface area contributed by atoms with Crippen molar-refractivity contribution in [1.82, 2.24) is 14.5 Å².